The van der Waals surface area contributed by atoms with Gasteiger partial charge in [0.15, 0.2) is 0 Å². The molecule has 0 saturated carbocycles. The van der Waals surface area contributed by atoms with Crippen LogP contribution in [0.2, 0.25) is 0 Å². The molecule has 1 unspecified atom stereocenters. The van der Waals surface area contributed by atoms with Crippen LogP contribution in [0.4, 0.5) is 0 Å². The minimum Gasteiger partial charge on any atom is -0.308 e. The van der Waals surface area contributed by atoms with Crippen molar-refractivity contribution < 1.29 is 0 Å². The Bertz CT molecular complexity index is 274. The molecule has 0 bridgehead atoms. The molecule has 0 heterocycles. The lowest BCUT2D eigenvalue weighted by Gasteiger charge is -2.49. The second kappa shape index (κ2) is 10.6. The van der Waals surface area contributed by atoms with Gasteiger partial charge in [-0.1, -0.05) is 20.8 Å². The number of hydrogen-bond acceptors (Lipinski definition) is 4. The molecule has 0 saturated heterocycles. The first kappa shape index (κ1) is 21.8. The summed E-state index contributed by atoms with van der Waals surface area (Å²) in [6.45, 7) is 11.5. The first-order chi connectivity index (χ1) is 10.2. The molecule has 0 rings (SSSR count). The van der Waals surface area contributed by atoms with Crippen molar-refractivity contribution in [1.82, 2.24) is 19.6 Å². The molecule has 0 spiro atoms. The first-order valence-electron chi connectivity index (χ1n) is 8.96. The molecule has 0 fully saturated rings. The Hall–Kier alpha value is -0.160. The Morgan fingerprint density at radius 2 is 1.23 bits per heavy atom. The summed E-state index contributed by atoms with van der Waals surface area (Å²) < 4.78 is 0. The maximum Gasteiger partial charge on any atom is 0.0353 e. The average Bonchev–Trinajstić information content (AvgIpc) is 2.47. The van der Waals surface area contributed by atoms with Crippen LogP contribution in [0, 0.1) is 0 Å². The van der Waals surface area contributed by atoms with Gasteiger partial charge in [0.05, 0.1) is 0 Å². The SMILES string of the molecule is CCC(N(C)CCN(C)CCN(C)C)C(CC)(CC)N(C)C. The summed E-state index contributed by atoms with van der Waals surface area (Å²) in [6.07, 6.45) is 3.61. The molecule has 4 nitrogen and oxygen atoms in total. The minimum atomic E-state index is 0.283. The van der Waals surface area contributed by atoms with E-state index in [1.165, 1.54) is 19.3 Å². The Labute approximate surface area is 140 Å². The fraction of sp³-hybridized carbons (Fsp3) is 1.00. The molecule has 0 aromatic heterocycles. The smallest absolute Gasteiger partial charge is 0.0353 e. The molecule has 0 aliphatic heterocycles. The van der Waals surface area contributed by atoms with E-state index in [9.17, 15) is 0 Å². The van der Waals surface area contributed by atoms with Gasteiger partial charge in [-0.05, 0) is 61.5 Å². The van der Waals surface area contributed by atoms with Gasteiger partial charge in [-0.25, -0.2) is 0 Å². The second-order valence-corrected chi connectivity index (χ2v) is 7.22. The van der Waals surface area contributed by atoms with Crippen LogP contribution >= 0.6 is 0 Å². The molecule has 0 amide bonds. The lowest BCUT2D eigenvalue weighted by Crippen LogP contribution is -2.59. The van der Waals surface area contributed by atoms with Gasteiger partial charge < -0.3 is 19.6 Å². The predicted octanol–water partition coefficient (Wildman–Crippen LogP) is 2.31. The van der Waals surface area contributed by atoms with E-state index in [2.05, 4.69) is 82.7 Å². The highest BCUT2D eigenvalue weighted by Crippen LogP contribution is 2.30. The van der Waals surface area contributed by atoms with Crippen LogP contribution in [0.15, 0.2) is 0 Å². The van der Waals surface area contributed by atoms with Crippen molar-refractivity contribution in [3.05, 3.63) is 0 Å². The third-order valence-electron chi connectivity index (χ3n) is 5.42. The minimum absolute atomic E-state index is 0.283. The number of nitrogens with zero attached hydrogens (tertiary/aromatic N) is 4. The molecule has 1 atom stereocenters. The zero-order chi connectivity index (χ0) is 17.3. The van der Waals surface area contributed by atoms with Crippen molar-refractivity contribution in [2.75, 3.05) is 68.5 Å². The van der Waals surface area contributed by atoms with Crippen molar-refractivity contribution in [3.63, 3.8) is 0 Å². The fourth-order valence-corrected chi connectivity index (χ4v) is 3.72. The van der Waals surface area contributed by atoms with Crippen molar-refractivity contribution in [3.8, 4) is 0 Å². The lowest BCUT2D eigenvalue weighted by molar-refractivity contribution is 0.0235. The molecule has 0 aromatic carbocycles. The van der Waals surface area contributed by atoms with Crippen LogP contribution in [0.5, 0.6) is 0 Å². The Balaban J connectivity index is 4.67. The third kappa shape index (κ3) is 6.15. The Morgan fingerprint density at radius 1 is 0.727 bits per heavy atom. The summed E-state index contributed by atoms with van der Waals surface area (Å²) in [5, 5.41) is 0. The van der Waals surface area contributed by atoms with Crippen molar-refractivity contribution >= 4 is 0 Å². The van der Waals surface area contributed by atoms with E-state index >= 15 is 0 Å². The van der Waals surface area contributed by atoms with Gasteiger partial charge in [0, 0.05) is 37.8 Å². The van der Waals surface area contributed by atoms with E-state index in [-0.39, 0.29) is 5.54 Å². The fourth-order valence-electron chi connectivity index (χ4n) is 3.72. The highest BCUT2D eigenvalue weighted by molar-refractivity contribution is 4.97. The van der Waals surface area contributed by atoms with E-state index in [1.54, 1.807) is 0 Å². The number of likely N-dealkylation sites (N-methyl/N-ethyl adjacent to an activating group) is 4. The summed E-state index contributed by atoms with van der Waals surface area (Å²) >= 11 is 0. The van der Waals surface area contributed by atoms with Gasteiger partial charge in [0.1, 0.15) is 0 Å². The summed E-state index contributed by atoms with van der Waals surface area (Å²) in [6, 6.07) is 0.611. The third-order valence-corrected chi connectivity index (χ3v) is 5.42. The topological polar surface area (TPSA) is 13.0 Å². The molecule has 4 heteroatoms. The molecule has 0 radical (unpaired) electrons. The van der Waals surface area contributed by atoms with Crippen molar-refractivity contribution in [2.45, 2.75) is 51.6 Å². The normalized spacial score (nSPS) is 14.6. The summed E-state index contributed by atoms with van der Waals surface area (Å²) in [4.78, 5) is 9.73. The van der Waals surface area contributed by atoms with Crippen LogP contribution in [-0.2, 0) is 0 Å². The molecular formula is C18H42N4. The van der Waals surface area contributed by atoms with Crippen LogP contribution in [-0.4, -0.2) is 99.6 Å². The summed E-state index contributed by atoms with van der Waals surface area (Å²) in [5.41, 5.74) is 0.283. The molecule has 0 N–H and O–H groups in total. The van der Waals surface area contributed by atoms with Gasteiger partial charge in [0.2, 0.25) is 0 Å². The predicted molar refractivity (Wildman–Crippen MR) is 99.8 cm³/mol. The average molecular weight is 315 g/mol. The Kier molecular flexibility index (Phi) is 10.5. The highest BCUT2D eigenvalue weighted by Gasteiger charge is 2.38. The van der Waals surface area contributed by atoms with Crippen molar-refractivity contribution in [1.29, 1.82) is 0 Å². The van der Waals surface area contributed by atoms with Crippen LogP contribution in [0.1, 0.15) is 40.0 Å². The largest absolute Gasteiger partial charge is 0.308 e. The van der Waals surface area contributed by atoms with Gasteiger partial charge >= 0.3 is 0 Å². The van der Waals surface area contributed by atoms with Gasteiger partial charge in [-0.2, -0.15) is 0 Å². The van der Waals surface area contributed by atoms with E-state index in [1.807, 2.05) is 0 Å². The zero-order valence-corrected chi connectivity index (χ0v) is 16.8. The Morgan fingerprint density at radius 3 is 1.59 bits per heavy atom. The number of hydrogen-bond donors (Lipinski definition) is 0. The summed E-state index contributed by atoms with van der Waals surface area (Å²) in [5.74, 6) is 0. The van der Waals surface area contributed by atoms with E-state index in [0.29, 0.717) is 6.04 Å². The van der Waals surface area contributed by atoms with Crippen molar-refractivity contribution in [2.24, 2.45) is 0 Å². The standard InChI is InChI=1S/C18H42N4/c1-10-17(18(11-2,12-3)20(6)7)22(9)16-15-21(8)14-13-19(4)5/h17H,10-16H2,1-9H3. The molecule has 134 valence electrons. The van der Waals surface area contributed by atoms with Gasteiger partial charge in [-0.3, -0.25) is 0 Å². The van der Waals surface area contributed by atoms with E-state index in [0.717, 1.165) is 26.2 Å². The zero-order valence-electron chi connectivity index (χ0n) is 16.8. The van der Waals surface area contributed by atoms with Crippen LogP contribution in [0.3, 0.4) is 0 Å². The van der Waals surface area contributed by atoms with E-state index < -0.39 is 0 Å². The number of rotatable bonds is 12. The first-order valence-corrected chi connectivity index (χ1v) is 8.96. The molecule has 0 aliphatic carbocycles. The maximum atomic E-state index is 2.58. The van der Waals surface area contributed by atoms with E-state index in [4.69, 9.17) is 0 Å². The quantitative estimate of drug-likeness (QED) is 0.548. The van der Waals surface area contributed by atoms with Crippen LogP contribution in [0.25, 0.3) is 0 Å². The monoisotopic (exact) mass is 314 g/mol. The second-order valence-electron chi connectivity index (χ2n) is 7.22. The molecular weight excluding hydrogens is 272 g/mol. The van der Waals surface area contributed by atoms with Gasteiger partial charge in [0.25, 0.3) is 0 Å². The summed E-state index contributed by atoms with van der Waals surface area (Å²) in [7, 11) is 13.3. The van der Waals surface area contributed by atoms with Gasteiger partial charge in [-0.15, -0.1) is 0 Å². The van der Waals surface area contributed by atoms with Crippen LogP contribution < -0.4 is 0 Å². The lowest BCUT2D eigenvalue weighted by atomic mass is 9.81. The molecule has 0 aliphatic rings. The maximum absolute atomic E-state index is 2.58. The highest BCUT2D eigenvalue weighted by atomic mass is 15.3. The molecule has 0 aromatic rings. The molecule has 22 heavy (non-hydrogen) atoms.